The Hall–Kier alpha value is -1.79. The van der Waals surface area contributed by atoms with E-state index < -0.39 is 11.6 Å². The number of hydrogen-bond donors (Lipinski definition) is 2. The molecule has 1 heterocycles. The van der Waals surface area contributed by atoms with Crippen LogP contribution in [0.2, 0.25) is 0 Å². The number of nitrogens with one attached hydrogen (secondary N) is 1. The Labute approximate surface area is 116 Å². The summed E-state index contributed by atoms with van der Waals surface area (Å²) in [6, 6.07) is 5.10. The molecule has 1 atom stereocenters. The Morgan fingerprint density at radius 2 is 2.00 bits per heavy atom. The summed E-state index contributed by atoms with van der Waals surface area (Å²) in [5, 5.41) is 4.22. The fourth-order valence-electron chi connectivity index (χ4n) is 2.25. The van der Waals surface area contributed by atoms with Gasteiger partial charge in [0.2, 0.25) is 0 Å². The number of nitrogens with two attached hydrogens (primary N) is 1. The summed E-state index contributed by atoms with van der Waals surface area (Å²) in [7, 11) is 0. The molecule has 0 aliphatic heterocycles. The predicted molar refractivity (Wildman–Crippen MR) is 72.6 cm³/mol. The third kappa shape index (κ3) is 3.40. The highest BCUT2D eigenvalue weighted by atomic mass is 19.1. The van der Waals surface area contributed by atoms with Crippen molar-refractivity contribution in [2.75, 3.05) is 0 Å². The SMILES string of the molecule is CCCn1nccc1C(Cc1cc(F)cc(F)c1)NN. The van der Waals surface area contributed by atoms with Crippen molar-refractivity contribution in [1.29, 1.82) is 0 Å². The fourth-order valence-corrected chi connectivity index (χ4v) is 2.25. The van der Waals surface area contributed by atoms with Crippen LogP contribution < -0.4 is 11.3 Å². The highest BCUT2D eigenvalue weighted by Crippen LogP contribution is 2.19. The molecule has 2 rings (SSSR count). The zero-order valence-electron chi connectivity index (χ0n) is 11.3. The molecule has 0 amide bonds. The standard InChI is InChI=1S/C14H18F2N4/c1-2-5-20-14(3-4-18-20)13(19-17)8-10-6-11(15)9-12(16)7-10/h3-4,6-7,9,13,19H,2,5,8,17H2,1H3. The Morgan fingerprint density at radius 3 is 2.60 bits per heavy atom. The summed E-state index contributed by atoms with van der Waals surface area (Å²) >= 11 is 0. The number of aryl methyl sites for hydroxylation is 1. The minimum atomic E-state index is -0.585. The van der Waals surface area contributed by atoms with Crippen LogP contribution in [0.5, 0.6) is 0 Å². The predicted octanol–water partition coefficient (Wildman–Crippen LogP) is 2.32. The highest BCUT2D eigenvalue weighted by molar-refractivity contribution is 5.21. The average Bonchev–Trinajstić information content (AvgIpc) is 2.83. The van der Waals surface area contributed by atoms with E-state index in [9.17, 15) is 8.78 Å². The van der Waals surface area contributed by atoms with Crippen LogP contribution in [0.15, 0.2) is 30.5 Å². The maximum Gasteiger partial charge on any atom is 0.126 e. The van der Waals surface area contributed by atoms with Gasteiger partial charge in [0.05, 0.1) is 11.7 Å². The van der Waals surface area contributed by atoms with E-state index in [2.05, 4.69) is 17.4 Å². The van der Waals surface area contributed by atoms with Gasteiger partial charge in [-0.1, -0.05) is 6.92 Å². The van der Waals surface area contributed by atoms with Crippen molar-refractivity contribution in [3.63, 3.8) is 0 Å². The molecular weight excluding hydrogens is 262 g/mol. The van der Waals surface area contributed by atoms with Crippen molar-refractivity contribution < 1.29 is 8.78 Å². The Kier molecular flexibility index (Phi) is 4.81. The molecule has 2 aromatic rings. The number of rotatable bonds is 6. The Morgan fingerprint density at radius 1 is 1.30 bits per heavy atom. The minimum absolute atomic E-state index is 0.245. The van der Waals surface area contributed by atoms with Crippen molar-refractivity contribution in [3.05, 3.63) is 53.4 Å². The quantitative estimate of drug-likeness (QED) is 0.630. The molecule has 0 aliphatic carbocycles. The summed E-state index contributed by atoms with van der Waals surface area (Å²) in [4.78, 5) is 0. The van der Waals surface area contributed by atoms with Crippen LogP contribution in [0.25, 0.3) is 0 Å². The molecule has 1 aromatic carbocycles. The van der Waals surface area contributed by atoms with Gasteiger partial charge in [-0.25, -0.2) is 8.78 Å². The smallest absolute Gasteiger partial charge is 0.126 e. The van der Waals surface area contributed by atoms with E-state index in [-0.39, 0.29) is 6.04 Å². The second-order valence-electron chi connectivity index (χ2n) is 4.68. The molecule has 0 radical (unpaired) electrons. The van der Waals surface area contributed by atoms with E-state index in [0.717, 1.165) is 24.7 Å². The van der Waals surface area contributed by atoms with Crippen molar-refractivity contribution >= 4 is 0 Å². The highest BCUT2D eigenvalue weighted by Gasteiger charge is 2.16. The molecule has 1 unspecified atom stereocenters. The average molecular weight is 280 g/mol. The molecule has 0 fully saturated rings. The van der Waals surface area contributed by atoms with Gasteiger partial charge < -0.3 is 0 Å². The third-order valence-corrected chi connectivity index (χ3v) is 3.11. The summed E-state index contributed by atoms with van der Waals surface area (Å²) in [6.07, 6.45) is 3.03. The molecular formula is C14H18F2N4. The van der Waals surface area contributed by atoms with Gasteiger partial charge in [-0.05, 0) is 36.6 Å². The third-order valence-electron chi connectivity index (χ3n) is 3.11. The Bertz CT molecular complexity index is 548. The van der Waals surface area contributed by atoms with Crippen LogP contribution in [0.3, 0.4) is 0 Å². The first-order valence-corrected chi connectivity index (χ1v) is 6.56. The van der Waals surface area contributed by atoms with Crippen LogP contribution in [0.4, 0.5) is 8.78 Å². The molecule has 0 saturated carbocycles. The minimum Gasteiger partial charge on any atom is -0.271 e. The Balaban J connectivity index is 2.21. The monoisotopic (exact) mass is 280 g/mol. The molecule has 4 nitrogen and oxygen atoms in total. The molecule has 1 aromatic heterocycles. The summed E-state index contributed by atoms with van der Waals surface area (Å²) < 4.78 is 28.3. The summed E-state index contributed by atoms with van der Waals surface area (Å²) in [5.41, 5.74) is 4.14. The van der Waals surface area contributed by atoms with Gasteiger partial charge in [0.15, 0.2) is 0 Å². The maximum absolute atomic E-state index is 13.2. The van der Waals surface area contributed by atoms with Gasteiger partial charge in [-0.15, -0.1) is 0 Å². The molecule has 6 heteroatoms. The number of hydrazine groups is 1. The van der Waals surface area contributed by atoms with E-state index in [1.807, 2.05) is 10.7 Å². The maximum atomic E-state index is 13.2. The fraction of sp³-hybridized carbons (Fsp3) is 0.357. The van der Waals surface area contributed by atoms with Crippen molar-refractivity contribution in [2.45, 2.75) is 32.4 Å². The molecule has 0 bridgehead atoms. The van der Waals surface area contributed by atoms with Gasteiger partial charge in [0, 0.05) is 18.8 Å². The van der Waals surface area contributed by atoms with Gasteiger partial charge >= 0.3 is 0 Å². The van der Waals surface area contributed by atoms with Gasteiger partial charge in [-0.3, -0.25) is 16.0 Å². The van der Waals surface area contributed by atoms with Crippen LogP contribution >= 0.6 is 0 Å². The zero-order chi connectivity index (χ0) is 14.5. The lowest BCUT2D eigenvalue weighted by Crippen LogP contribution is -2.31. The summed E-state index contributed by atoms with van der Waals surface area (Å²) in [5.74, 6) is 4.40. The number of halogens is 2. The van der Waals surface area contributed by atoms with E-state index >= 15 is 0 Å². The van der Waals surface area contributed by atoms with Gasteiger partial charge in [0.1, 0.15) is 11.6 Å². The topological polar surface area (TPSA) is 55.9 Å². The first-order valence-electron chi connectivity index (χ1n) is 6.56. The summed E-state index contributed by atoms with van der Waals surface area (Å²) in [6.45, 7) is 2.83. The molecule has 3 N–H and O–H groups in total. The van der Waals surface area contributed by atoms with E-state index in [0.29, 0.717) is 12.0 Å². The number of aromatic nitrogens is 2. The number of hydrogen-bond acceptors (Lipinski definition) is 3. The van der Waals surface area contributed by atoms with Crippen molar-refractivity contribution in [3.8, 4) is 0 Å². The van der Waals surface area contributed by atoms with Crippen LogP contribution in [-0.2, 0) is 13.0 Å². The second kappa shape index (κ2) is 6.58. The lowest BCUT2D eigenvalue weighted by molar-refractivity contribution is 0.476. The first kappa shape index (κ1) is 14.6. The van der Waals surface area contributed by atoms with E-state index in [1.54, 1.807) is 6.20 Å². The van der Waals surface area contributed by atoms with E-state index in [4.69, 9.17) is 5.84 Å². The molecule has 20 heavy (non-hydrogen) atoms. The van der Waals surface area contributed by atoms with Crippen LogP contribution in [0, 0.1) is 11.6 Å². The van der Waals surface area contributed by atoms with Gasteiger partial charge in [-0.2, -0.15) is 5.10 Å². The molecule has 0 saturated heterocycles. The van der Waals surface area contributed by atoms with E-state index in [1.165, 1.54) is 12.1 Å². The lowest BCUT2D eigenvalue weighted by atomic mass is 10.0. The normalized spacial score (nSPS) is 12.6. The largest absolute Gasteiger partial charge is 0.271 e. The van der Waals surface area contributed by atoms with Crippen molar-refractivity contribution in [2.24, 2.45) is 5.84 Å². The van der Waals surface area contributed by atoms with Crippen molar-refractivity contribution in [1.82, 2.24) is 15.2 Å². The number of nitrogens with zero attached hydrogens (tertiary/aromatic N) is 2. The second-order valence-corrected chi connectivity index (χ2v) is 4.68. The molecule has 108 valence electrons. The lowest BCUT2D eigenvalue weighted by Gasteiger charge is -2.18. The van der Waals surface area contributed by atoms with Crippen LogP contribution in [-0.4, -0.2) is 9.78 Å². The molecule has 0 spiro atoms. The first-order chi connectivity index (χ1) is 9.63. The molecule has 0 aliphatic rings. The zero-order valence-corrected chi connectivity index (χ0v) is 11.3. The number of benzene rings is 1. The van der Waals surface area contributed by atoms with Crippen LogP contribution in [0.1, 0.15) is 30.6 Å². The van der Waals surface area contributed by atoms with Gasteiger partial charge in [0.25, 0.3) is 0 Å².